The Hall–Kier alpha value is -0.610. The van der Waals surface area contributed by atoms with Gasteiger partial charge < -0.3 is 10.3 Å². The van der Waals surface area contributed by atoms with E-state index in [2.05, 4.69) is 16.4 Å². The fourth-order valence-corrected chi connectivity index (χ4v) is 1.62. The van der Waals surface area contributed by atoms with Crippen molar-refractivity contribution in [3.8, 4) is 0 Å². The van der Waals surface area contributed by atoms with Gasteiger partial charge >= 0.3 is 0 Å². The van der Waals surface area contributed by atoms with Gasteiger partial charge in [-0.05, 0) is 24.6 Å². The van der Waals surface area contributed by atoms with E-state index in [9.17, 15) is 4.21 Å². The van der Waals surface area contributed by atoms with E-state index in [0.717, 1.165) is 19.5 Å². The lowest BCUT2D eigenvalue weighted by Gasteiger charge is -2.08. The summed E-state index contributed by atoms with van der Waals surface area (Å²) in [7, 11) is -0.697. The number of H-pyrrole nitrogens is 1. The smallest absolute Gasteiger partial charge is 0.0329 e. The van der Waals surface area contributed by atoms with Crippen LogP contribution in [0.4, 0.5) is 0 Å². The quantitative estimate of drug-likeness (QED) is 0.700. The molecule has 14 heavy (non-hydrogen) atoms. The van der Waals surface area contributed by atoms with Crippen molar-refractivity contribution in [1.29, 1.82) is 0 Å². The average Bonchev–Trinajstić information content (AvgIpc) is 2.64. The first-order valence-corrected chi connectivity index (χ1v) is 6.47. The molecule has 0 saturated carbocycles. The second-order valence-electron chi connectivity index (χ2n) is 3.49. The molecule has 80 valence electrons. The maximum atomic E-state index is 11.0. The van der Waals surface area contributed by atoms with E-state index in [1.807, 2.05) is 19.3 Å². The topological polar surface area (TPSA) is 44.9 Å². The van der Waals surface area contributed by atoms with Crippen LogP contribution in [0.5, 0.6) is 0 Å². The van der Waals surface area contributed by atoms with Crippen molar-refractivity contribution in [2.45, 2.75) is 25.1 Å². The van der Waals surface area contributed by atoms with Gasteiger partial charge in [-0.15, -0.1) is 0 Å². The van der Waals surface area contributed by atoms with Crippen LogP contribution in [0.15, 0.2) is 18.5 Å². The molecular weight excluding hydrogens is 196 g/mol. The van der Waals surface area contributed by atoms with Crippen molar-refractivity contribution in [3.63, 3.8) is 0 Å². The molecule has 0 fully saturated rings. The number of hydrogen-bond donors (Lipinski definition) is 2. The number of rotatable bonds is 6. The molecule has 2 unspecified atom stereocenters. The number of hydrogen-bond acceptors (Lipinski definition) is 2. The molecule has 2 atom stereocenters. The van der Waals surface area contributed by atoms with Crippen molar-refractivity contribution < 1.29 is 4.21 Å². The maximum absolute atomic E-state index is 11.0. The van der Waals surface area contributed by atoms with Gasteiger partial charge in [-0.25, -0.2) is 0 Å². The SMILES string of the molecule is CC(CCNCc1cc[nH]c1)S(C)=O. The monoisotopic (exact) mass is 214 g/mol. The summed E-state index contributed by atoms with van der Waals surface area (Å²) in [4.78, 5) is 3.01. The molecule has 0 saturated heterocycles. The molecule has 0 aliphatic heterocycles. The molecule has 1 aromatic rings. The van der Waals surface area contributed by atoms with Crippen LogP contribution >= 0.6 is 0 Å². The van der Waals surface area contributed by atoms with Crippen LogP contribution in [0.1, 0.15) is 18.9 Å². The highest BCUT2D eigenvalue weighted by atomic mass is 32.2. The van der Waals surface area contributed by atoms with Crippen molar-refractivity contribution >= 4 is 10.8 Å². The first-order valence-electron chi connectivity index (χ1n) is 4.84. The first kappa shape index (κ1) is 11.5. The van der Waals surface area contributed by atoms with Gasteiger partial charge in [-0.2, -0.15) is 0 Å². The summed E-state index contributed by atoms with van der Waals surface area (Å²) >= 11 is 0. The van der Waals surface area contributed by atoms with E-state index in [1.54, 1.807) is 6.26 Å². The summed E-state index contributed by atoms with van der Waals surface area (Å²) in [5.74, 6) is 0. The van der Waals surface area contributed by atoms with Crippen molar-refractivity contribution in [2.24, 2.45) is 0 Å². The summed E-state index contributed by atoms with van der Waals surface area (Å²) in [5.41, 5.74) is 1.26. The summed E-state index contributed by atoms with van der Waals surface area (Å²) in [6.07, 6.45) is 6.62. The molecule has 0 aliphatic carbocycles. The molecule has 3 nitrogen and oxygen atoms in total. The Morgan fingerprint density at radius 3 is 3.00 bits per heavy atom. The molecule has 0 aliphatic rings. The summed E-state index contributed by atoms with van der Waals surface area (Å²) < 4.78 is 11.0. The molecule has 1 rings (SSSR count). The van der Waals surface area contributed by atoms with Gasteiger partial charge in [0, 0.05) is 41.2 Å². The van der Waals surface area contributed by atoms with Crippen LogP contribution in [-0.2, 0) is 17.3 Å². The molecule has 0 aromatic carbocycles. The Bertz CT molecular complexity index is 272. The van der Waals surface area contributed by atoms with E-state index >= 15 is 0 Å². The lowest BCUT2D eigenvalue weighted by atomic mass is 10.3. The Balaban J connectivity index is 2.08. The lowest BCUT2D eigenvalue weighted by Crippen LogP contribution is -2.20. The average molecular weight is 214 g/mol. The predicted octanol–water partition coefficient (Wildman–Crippen LogP) is 1.26. The van der Waals surface area contributed by atoms with E-state index in [0.29, 0.717) is 0 Å². The Morgan fingerprint density at radius 1 is 1.64 bits per heavy atom. The minimum absolute atomic E-state index is 0.286. The third-order valence-corrected chi connectivity index (χ3v) is 3.65. The van der Waals surface area contributed by atoms with Gasteiger partial charge in [-0.1, -0.05) is 6.92 Å². The molecule has 4 heteroatoms. The van der Waals surface area contributed by atoms with Gasteiger partial charge in [0.05, 0.1) is 0 Å². The molecule has 0 radical (unpaired) electrons. The lowest BCUT2D eigenvalue weighted by molar-refractivity contribution is 0.629. The van der Waals surface area contributed by atoms with Gasteiger partial charge in [0.2, 0.25) is 0 Å². The number of aromatic amines is 1. The van der Waals surface area contributed by atoms with E-state index in [-0.39, 0.29) is 5.25 Å². The minimum atomic E-state index is -0.697. The highest BCUT2D eigenvalue weighted by Crippen LogP contribution is 1.99. The Kier molecular flexibility index (Phi) is 4.90. The largest absolute Gasteiger partial charge is 0.367 e. The summed E-state index contributed by atoms with van der Waals surface area (Å²) in [5, 5.41) is 3.60. The summed E-state index contributed by atoms with van der Waals surface area (Å²) in [6, 6.07) is 2.05. The number of aromatic nitrogens is 1. The van der Waals surface area contributed by atoms with Crippen LogP contribution in [0.25, 0.3) is 0 Å². The molecule has 0 bridgehead atoms. The Labute approximate surface area is 87.8 Å². The molecule has 1 aromatic heterocycles. The van der Waals surface area contributed by atoms with Gasteiger partial charge in [0.1, 0.15) is 0 Å². The zero-order chi connectivity index (χ0) is 10.4. The van der Waals surface area contributed by atoms with Gasteiger partial charge in [-0.3, -0.25) is 4.21 Å². The molecule has 1 heterocycles. The van der Waals surface area contributed by atoms with Gasteiger partial charge in [0.25, 0.3) is 0 Å². The van der Waals surface area contributed by atoms with Crippen LogP contribution in [0.3, 0.4) is 0 Å². The zero-order valence-electron chi connectivity index (χ0n) is 8.75. The van der Waals surface area contributed by atoms with Crippen molar-refractivity contribution in [3.05, 3.63) is 24.0 Å². The highest BCUT2D eigenvalue weighted by molar-refractivity contribution is 7.84. The van der Waals surface area contributed by atoms with E-state index < -0.39 is 10.8 Å². The second kappa shape index (κ2) is 5.98. The minimum Gasteiger partial charge on any atom is -0.367 e. The normalized spacial score (nSPS) is 15.3. The number of nitrogens with one attached hydrogen (secondary N) is 2. The second-order valence-corrected chi connectivity index (χ2v) is 5.30. The van der Waals surface area contributed by atoms with E-state index in [4.69, 9.17) is 0 Å². The van der Waals surface area contributed by atoms with Crippen LogP contribution in [-0.4, -0.2) is 27.2 Å². The Morgan fingerprint density at radius 2 is 2.43 bits per heavy atom. The third-order valence-electron chi connectivity index (χ3n) is 2.29. The fourth-order valence-electron chi connectivity index (χ4n) is 1.17. The fraction of sp³-hybridized carbons (Fsp3) is 0.600. The standard InChI is InChI=1S/C10H18N2OS/c1-9(14(2)13)3-5-11-7-10-4-6-12-8-10/h4,6,8-9,11-12H,3,5,7H2,1-2H3. The van der Waals surface area contributed by atoms with Crippen LogP contribution < -0.4 is 5.32 Å². The molecular formula is C10H18N2OS. The van der Waals surface area contributed by atoms with Crippen LogP contribution in [0, 0.1) is 0 Å². The summed E-state index contributed by atoms with van der Waals surface area (Å²) in [6.45, 7) is 3.83. The maximum Gasteiger partial charge on any atom is 0.0329 e. The van der Waals surface area contributed by atoms with Gasteiger partial charge in [0.15, 0.2) is 0 Å². The molecule has 0 spiro atoms. The first-order chi connectivity index (χ1) is 6.70. The van der Waals surface area contributed by atoms with Crippen LogP contribution in [0.2, 0.25) is 0 Å². The predicted molar refractivity (Wildman–Crippen MR) is 60.6 cm³/mol. The highest BCUT2D eigenvalue weighted by Gasteiger charge is 2.04. The zero-order valence-corrected chi connectivity index (χ0v) is 9.56. The molecule has 2 N–H and O–H groups in total. The molecule has 0 amide bonds. The van der Waals surface area contributed by atoms with E-state index in [1.165, 1.54) is 5.56 Å². The third kappa shape index (κ3) is 4.07. The van der Waals surface area contributed by atoms with Crippen molar-refractivity contribution in [1.82, 2.24) is 10.3 Å². The van der Waals surface area contributed by atoms with Crippen molar-refractivity contribution in [2.75, 3.05) is 12.8 Å².